The maximum Gasteiger partial charge on any atom is 0.362 e. The standard InChI is InChI=1S/C21H26N8O10S2/c1-9(2)17(11-5-13(30)14(31)7-28(11)35)39-26-15(10-8-40-20(22)24-10)18(32)25-16-12(6-27-4-3-23-21(27)34)29(19(16)33)41(36,37)38/h5,7-9,12,16-17,31,35H,3-4,6H2,1-2H3,(H2,22,24)(H,23,34)(H,25,32)(H,36,37,38)/b26-15-/t12-,16+,17?/m1/s1. The number of oxime groups is 1. The van der Waals surface area contributed by atoms with Gasteiger partial charge in [0.05, 0.1) is 12.2 Å². The predicted molar refractivity (Wildman–Crippen MR) is 140 cm³/mol. The summed E-state index contributed by atoms with van der Waals surface area (Å²) in [7, 11) is -5.01. The highest BCUT2D eigenvalue weighted by atomic mass is 32.2. The Kier molecular flexibility index (Phi) is 8.08. The zero-order valence-corrected chi connectivity index (χ0v) is 23.1. The number of carbonyl (C=O) groups excluding carboxylic acids is 3. The molecule has 2 aromatic heterocycles. The molecule has 3 atom stereocenters. The average Bonchev–Trinajstić information content (AvgIpc) is 3.49. The molecular formula is C21H26N8O10S2. The third-order valence-corrected chi connectivity index (χ3v) is 7.85. The number of nitrogens with zero attached hydrogens (tertiary/aromatic N) is 5. The molecular weight excluding hydrogens is 588 g/mol. The Balaban J connectivity index is 1.64. The van der Waals surface area contributed by atoms with Gasteiger partial charge in [-0.15, -0.1) is 11.3 Å². The molecule has 4 amide bonds. The molecule has 222 valence electrons. The van der Waals surface area contributed by atoms with Crippen molar-refractivity contribution in [2.24, 2.45) is 11.1 Å². The number of hydrogen-bond donors (Lipinski definition) is 6. The SMILES string of the molecule is CC(C)C(O/N=C(\C(=O)N[C@@H]1C(=O)N(S(=O)(=O)O)[C@@H]1CN1CCNC1=O)c1csc(N)n1)c1cc(=O)c(O)cn1O. The summed E-state index contributed by atoms with van der Waals surface area (Å²) in [6.07, 6.45) is -0.368. The van der Waals surface area contributed by atoms with Crippen molar-refractivity contribution in [2.45, 2.75) is 32.0 Å². The molecule has 0 aliphatic carbocycles. The second kappa shape index (κ2) is 11.2. The summed E-state index contributed by atoms with van der Waals surface area (Å²) in [6, 6.07) is -2.42. The quantitative estimate of drug-likeness (QED) is 0.0586. The van der Waals surface area contributed by atoms with Crippen molar-refractivity contribution in [3.05, 3.63) is 39.3 Å². The van der Waals surface area contributed by atoms with E-state index in [1.165, 1.54) is 10.3 Å². The highest BCUT2D eigenvalue weighted by Gasteiger charge is 2.55. The van der Waals surface area contributed by atoms with Crippen molar-refractivity contribution in [3.8, 4) is 5.75 Å². The molecule has 1 unspecified atom stereocenters. The van der Waals surface area contributed by atoms with E-state index in [2.05, 4.69) is 20.8 Å². The van der Waals surface area contributed by atoms with Crippen LogP contribution in [0.5, 0.6) is 5.75 Å². The lowest BCUT2D eigenvalue weighted by atomic mass is 9.97. The van der Waals surface area contributed by atoms with Gasteiger partial charge in [0, 0.05) is 31.1 Å². The van der Waals surface area contributed by atoms with Crippen molar-refractivity contribution in [2.75, 3.05) is 25.4 Å². The van der Waals surface area contributed by atoms with E-state index in [1.807, 2.05) is 0 Å². The maximum atomic E-state index is 13.4. The van der Waals surface area contributed by atoms with Crippen LogP contribution in [0.25, 0.3) is 0 Å². The number of thiazole rings is 1. The minimum Gasteiger partial charge on any atom is -0.503 e. The largest absolute Gasteiger partial charge is 0.503 e. The highest BCUT2D eigenvalue weighted by molar-refractivity contribution is 7.84. The number of anilines is 1. The summed E-state index contributed by atoms with van der Waals surface area (Å²) < 4.78 is 33.8. The third-order valence-electron chi connectivity index (χ3n) is 6.23. The van der Waals surface area contributed by atoms with Gasteiger partial charge in [-0.3, -0.25) is 18.9 Å². The molecule has 20 heteroatoms. The van der Waals surface area contributed by atoms with E-state index in [0.717, 1.165) is 23.6 Å². The Morgan fingerprint density at radius 3 is 2.63 bits per heavy atom. The summed E-state index contributed by atoms with van der Waals surface area (Å²) in [5.41, 5.74) is 4.22. The maximum absolute atomic E-state index is 13.4. The number of aromatic hydroxyl groups is 1. The summed E-state index contributed by atoms with van der Waals surface area (Å²) >= 11 is 0.957. The molecule has 0 spiro atoms. The van der Waals surface area contributed by atoms with Gasteiger partial charge in [0.2, 0.25) is 5.43 Å². The molecule has 2 aliphatic rings. The fraction of sp³-hybridized carbons (Fsp3) is 0.429. The van der Waals surface area contributed by atoms with Crippen LogP contribution in [0.4, 0.5) is 9.93 Å². The first-order chi connectivity index (χ1) is 19.2. The number of β-lactam (4-membered cyclic amide) rings is 1. The first-order valence-corrected chi connectivity index (χ1v) is 14.2. The summed E-state index contributed by atoms with van der Waals surface area (Å²) in [6.45, 7) is 3.48. The van der Waals surface area contributed by atoms with Gasteiger partial charge < -0.3 is 36.4 Å². The molecule has 2 aromatic rings. The molecule has 2 saturated heterocycles. The summed E-state index contributed by atoms with van der Waals surface area (Å²) in [5, 5.41) is 30.0. The highest BCUT2D eigenvalue weighted by Crippen LogP contribution is 2.28. The molecule has 0 bridgehead atoms. The molecule has 0 aromatic carbocycles. The number of carbonyl (C=O) groups is 3. The van der Waals surface area contributed by atoms with E-state index in [4.69, 9.17) is 10.6 Å². The lowest BCUT2D eigenvalue weighted by Gasteiger charge is -2.45. The monoisotopic (exact) mass is 614 g/mol. The molecule has 4 heterocycles. The Labute approximate surface area is 235 Å². The first-order valence-electron chi connectivity index (χ1n) is 11.9. The normalized spacial score (nSPS) is 20.1. The second-order valence-electron chi connectivity index (χ2n) is 9.38. The molecule has 2 aliphatic heterocycles. The van der Waals surface area contributed by atoms with Gasteiger partial charge in [0.15, 0.2) is 22.7 Å². The molecule has 4 rings (SSSR count). The van der Waals surface area contributed by atoms with Crippen LogP contribution < -0.4 is 21.8 Å². The molecule has 0 saturated carbocycles. The first kappa shape index (κ1) is 29.6. The minimum atomic E-state index is -5.01. The van der Waals surface area contributed by atoms with E-state index >= 15 is 0 Å². The average molecular weight is 615 g/mol. The van der Waals surface area contributed by atoms with Crippen LogP contribution in [0, 0.1) is 5.92 Å². The van der Waals surface area contributed by atoms with Gasteiger partial charge in [0.25, 0.3) is 11.8 Å². The molecule has 18 nitrogen and oxygen atoms in total. The Bertz CT molecular complexity index is 1570. The van der Waals surface area contributed by atoms with E-state index < -0.39 is 69.1 Å². The smallest absolute Gasteiger partial charge is 0.362 e. The Morgan fingerprint density at radius 1 is 1.37 bits per heavy atom. The third kappa shape index (κ3) is 6.02. The van der Waals surface area contributed by atoms with Gasteiger partial charge in [-0.25, -0.2) is 14.1 Å². The molecule has 2 fully saturated rings. The Hall–Kier alpha value is -4.43. The number of nitrogen functional groups attached to an aromatic ring is 1. The molecule has 7 N–H and O–H groups in total. The lowest BCUT2D eigenvalue weighted by Crippen LogP contribution is -2.74. The number of pyridine rings is 1. The van der Waals surface area contributed by atoms with Crippen molar-refractivity contribution < 1.29 is 42.5 Å². The van der Waals surface area contributed by atoms with Gasteiger partial charge >= 0.3 is 16.3 Å². The van der Waals surface area contributed by atoms with Crippen LogP contribution >= 0.6 is 11.3 Å². The fourth-order valence-corrected chi connectivity index (χ4v) is 5.65. The van der Waals surface area contributed by atoms with Gasteiger partial charge in [-0.1, -0.05) is 19.0 Å². The van der Waals surface area contributed by atoms with Crippen molar-refractivity contribution in [1.29, 1.82) is 0 Å². The van der Waals surface area contributed by atoms with Gasteiger partial charge in [-0.05, 0) is 5.92 Å². The van der Waals surface area contributed by atoms with Gasteiger partial charge in [0.1, 0.15) is 17.4 Å². The van der Waals surface area contributed by atoms with Crippen LogP contribution in [-0.2, 0) is 24.7 Å². The summed E-state index contributed by atoms with van der Waals surface area (Å²) in [4.78, 5) is 60.8. The minimum absolute atomic E-state index is 0.0545. The van der Waals surface area contributed by atoms with Crippen LogP contribution in [-0.4, -0.2) is 97.5 Å². The van der Waals surface area contributed by atoms with E-state index in [1.54, 1.807) is 13.8 Å². The van der Waals surface area contributed by atoms with E-state index in [-0.39, 0.29) is 40.5 Å². The fourth-order valence-electron chi connectivity index (χ4n) is 4.23. The lowest BCUT2D eigenvalue weighted by molar-refractivity contribution is -0.145. The van der Waals surface area contributed by atoms with Crippen LogP contribution in [0.15, 0.2) is 27.6 Å². The number of nitrogens with one attached hydrogen (secondary N) is 2. The Morgan fingerprint density at radius 2 is 2.07 bits per heavy atom. The second-order valence-corrected chi connectivity index (χ2v) is 11.6. The number of amides is 4. The van der Waals surface area contributed by atoms with Crippen molar-refractivity contribution in [1.82, 2.24) is 29.6 Å². The predicted octanol–water partition coefficient (Wildman–Crippen LogP) is -1.53. The topological polar surface area (TPSA) is 259 Å². The number of urea groups is 1. The van der Waals surface area contributed by atoms with Crippen molar-refractivity contribution >= 4 is 50.3 Å². The van der Waals surface area contributed by atoms with Gasteiger partial charge in [-0.2, -0.15) is 13.1 Å². The zero-order valence-electron chi connectivity index (χ0n) is 21.5. The van der Waals surface area contributed by atoms with Crippen LogP contribution in [0.1, 0.15) is 31.3 Å². The number of rotatable bonds is 10. The number of hydrogen-bond acceptors (Lipinski definition) is 13. The van der Waals surface area contributed by atoms with Crippen LogP contribution in [0.3, 0.4) is 0 Å². The molecule has 0 radical (unpaired) electrons. The van der Waals surface area contributed by atoms with E-state index in [9.17, 15) is 42.5 Å². The van der Waals surface area contributed by atoms with Crippen molar-refractivity contribution in [3.63, 3.8) is 0 Å². The molecule has 41 heavy (non-hydrogen) atoms. The van der Waals surface area contributed by atoms with E-state index in [0.29, 0.717) is 4.73 Å². The zero-order chi connectivity index (χ0) is 30.2. The van der Waals surface area contributed by atoms with Crippen LogP contribution in [0.2, 0.25) is 0 Å². The number of nitrogens with two attached hydrogens (primary N) is 1. The number of aromatic nitrogens is 2. The summed E-state index contributed by atoms with van der Waals surface area (Å²) in [5.74, 6) is -3.37.